The molecule has 0 saturated heterocycles. The SMILES string of the molecule is N[C@H](C(=O)O)C1C=NCC1. The number of carboxylic acids is 1. The first-order valence-electron chi connectivity index (χ1n) is 3.20. The van der Waals surface area contributed by atoms with E-state index < -0.39 is 12.0 Å². The summed E-state index contributed by atoms with van der Waals surface area (Å²) in [5, 5.41) is 8.46. The topological polar surface area (TPSA) is 75.7 Å². The fourth-order valence-corrected chi connectivity index (χ4v) is 0.963. The lowest BCUT2D eigenvalue weighted by atomic mass is 10.0. The molecule has 3 N–H and O–H groups in total. The summed E-state index contributed by atoms with van der Waals surface area (Å²) in [6, 6.07) is -0.772. The fourth-order valence-electron chi connectivity index (χ4n) is 0.963. The van der Waals surface area contributed by atoms with Crippen LogP contribution in [0.2, 0.25) is 0 Å². The summed E-state index contributed by atoms with van der Waals surface area (Å²) in [5.41, 5.74) is 5.33. The zero-order chi connectivity index (χ0) is 7.56. The summed E-state index contributed by atoms with van der Waals surface area (Å²) < 4.78 is 0. The van der Waals surface area contributed by atoms with Gasteiger partial charge < -0.3 is 10.8 Å². The van der Waals surface area contributed by atoms with E-state index in [1.807, 2.05) is 0 Å². The van der Waals surface area contributed by atoms with E-state index in [2.05, 4.69) is 4.99 Å². The molecular weight excluding hydrogens is 132 g/mol. The Balaban J connectivity index is 2.48. The molecule has 0 radical (unpaired) electrons. The lowest BCUT2D eigenvalue weighted by Gasteiger charge is -2.09. The minimum absolute atomic E-state index is 0.0579. The highest BCUT2D eigenvalue weighted by atomic mass is 16.4. The Morgan fingerprint density at radius 2 is 2.60 bits per heavy atom. The van der Waals surface area contributed by atoms with Crippen LogP contribution in [-0.2, 0) is 4.79 Å². The minimum Gasteiger partial charge on any atom is -0.480 e. The number of hydrogen-bond acceptors (Lipinski definition) is 3. The van der Waals surface area contributed by atoms with Crippen LogP contribution in [0.25, 0.3) is 0 Å². The van der Waals surface area contributed by atoms with Gasteiger partial charge in [0.2, 0.25) is 0 Å². The molecule has 1 unspecified atom stereocenters. The van der Waals surface area contributed by atoms with Crippen LogP contribution in [-0.4, -0.2) is 29.9 Å². The van der Waals surface area contributed by atoms with Crippen LogP contribution in [0.1, 0.15) is 6.42 Å². The third-order valence-electron chi connectivity index (χ3n) is 1.63. The molecule has 0 bridgehead atoms. The summed E-state index contributed by atoms with van der Waals surface area (Å²) in [4.78, 5) is 14.2. The summed E-state index contributed by atoms with van der Waals surface area (Å²) in [7, 11) is 0. The molecule has 1 heterocycles. The van der Waals surface area contributed by atoms with Crippen molar-refractivity contribution in [3.8, 4) is 0 Å². The van der Waals surface area contributed by atoms with Gasteiger partial charge in [-0.05, 0) is 6.42 Å². The van der Waals surface area contributed by atoms with E-state index in [4.69, 9.17) is 10.8 Å². The van der Waals surface area contributed by atoms with Crippen molar-refractivity contribution in [2.24, 2.45) is 16.6 Å². The first kappa shape index (κ1) is 7.21. The Morgan fingerprint density at radius 3 is 3.00 bits per heavy atom. The number of nitrogens with zero attached hydrogens (tertiary/aromatic N) is 1. The van der Waals surface area contributed by atoms with Crippen molar-refractivity contribution >= 4 is 12.2 Å². The van der Waals surface area contributed by atoms with Gasteiger partial charge in [-0.3, -0.25) is 9.79 Å². The fraction of sp³-hybridized carbons (Fsp3) is 0.667. The van der Waals surface area contributed by atoms with E-state index in [9.17, 15) is 4.79 Å². The van der Waals surface area contributed by atoms with Gasteiger partial charge in [0, 0.05) is 18.7 Å². The molecule has 1 rings (SSSR count). The van der Waals surface area contributed by atoms with Gasteiger partial charge in [0.1, 0.15) is 6.04 Å². The minimum atomic E-state index is -0.946. The number of hydrogen-bond donors (Lipinski definition) is 2. The maximum Gasteiger partial charge on any atom is 0.321 e. The van der Waals surface area contributed by atoms with E-state index in [-0.39, 0.29) is 5.92 Å². The van der Waals surface area contributed by atoms with Crippen molar-refractivity contribution < 1.29 is 9.90 Å². The average Bonchev–Trinajstić information content (AvgIpc) is 2.36. The number of aliphatic imine (C=N–C) groups is 1. The molecule has 0 aromatic carbocycles. The second kappa shape index (κ2) is 2.79. The van der Waals surface area contributed by atoms with Gasteiger partial charge in [-0.2, -0.15) is 0 Å². The van der Waals surface area contributed by atoms with Crippen LogP contribution in [0.15, 0.2) is 4.99 Å². The summed E-state index contributed by atoms with van der Waals surface area (Å²) in [6.07, 6.45) is 2.41. The normalized spacial score (nSPS) is 26.7. The van der Waals surface area contributed by atoms with Crippen LogP contribution in [0.3, 0.4) is 0 Å². The highest BCUT2D eigenvalue weighted by Gasteiger charge is 2.24. The maximum atomic E-state index is 10.3. The Kier molecular flexibility index (Phi) is 2.01. The quantitative estimate of drug-likeness (QED) is 0.545. The summed E-state index contributed by atoms with van der Waals surface area (Å²) in [6.45, 7) is 0.714. The van der Waals surface area contributed by atoms with Gasteiger partial charge in [-0.15, -0.1) is 0 Å². The van der Waals surface area contributed by atoms with E-state index >= 15 is 0 Å². The molecule has 0 fully saturated rings. The molecule has 4 nitrogen and oxygen atoms in total. The highest BCUT2D eigenvalue weighted by Crippen LogP contribution is 2.10. The average molecular weight is 142 g/mol. The molecule has 2 atom stereocenters. The highest BCUT2D eigenvalue weighted by molar-refractivity contribution is 5.79. The van der Waals surface area contributed by atoms with E-state index in [1.54, 1.807) is 6.21 Å². The number of nitrogens with two attached hydrogens (primary N) is 1. The molecular formula is C6H10N2O2. The molecule has 0 saturated carbocycles. The van der Waals surface area contributed by atoms with Crippen molar-refractivity contribution in [2.75, 3.05) is 6.54 Å². The lowest BCUT2D eigenvalue weighted by Crippen LogP contribution is -2.37. The van der Waals surface area contributed by atoms with Crippen molar-refractivity contribution in [1.29, 1.82) is 0 Å². The van der Waals surface area contributed by atoms with Gasteiger partial charge >= 0.3 is 5.97 Å². The van der Waals surface area contributed by atoms with E-state index in [0.717, 1.165) is 6.42 Å². The Bertz CT molecular complexity index is 167. The molecule has 0 aromatic rings. The second-order valence-electron chi connectivity index (χ2n) is 2.37. The molecule has 10 heavy (non-hydrogen) atoms. The molecule has 0 amide bonds. The van der Waals surface area contributed by atoms with Crippen molar-refractivity contribution in [3.63, 3.8) is 0 Å². The molecule has 0 spiro atoms. The standard InChI is InChI=1S/C6H10N2O2/c7-5(6(9)10)4-1-2-8-3-4/h3-5H,1-2,7H2,(H,9,10)/t4?,5-/m0/s1. The monoisotopic (exact) mass is 142 g/mol. The van der Waals surface area contributed by atoms with Gasteiger partial charge in [0.25, 0.3) is 0 Å². The van der Waals surface area contributed by atoms with Crippen molar-refractivity contribution in [1.82, 2.24) is 0 Å². The molecule has 1 aliphatic heterocycles. The lowest BCUT2D eigenvalue weighted by molar-refractivity contribution is -0.139. The first-order chi connectivity index (χ1) is 4.72. The maximum absolute atomic E-state index is 10.3. The summed E-state index contributed by atoms with van der Waals surface area (Å²) >= 11 is 0. The summed E-state index contributed by atoms with van der Waals surface area (Å²) in [5.74, 6) is -1.00. The van der Waals surface area contributed by atoms with Crippen LogP contribution >= 0.6 is 0 Å². The number of aliphatic carboxylic acids is 1. The van der Waals surface area contributed by atoms with Crippen molar-refractivity contribution in [2.45, 2.75) is 12.5 Å². The molecule has 56 valence electrons. The zero-order valence-electron chi connectivity index (χ0n) is 5.53. The molecule has 0 aromatic heterocycles. The Labute approximate surface area is 58.7 Å². The predicted octanol–water partition coefficient (Wildman–Crippen LogP) is -0.511. The van der Waals surface area contributed by atoms with Crippen molar-refractivity contribution in [3.05, 3.63) is 0 Å². The third-order valence-corrected chi connectivity index (χ3v) is 1.63. The van der Waals surface area contributed by atoms with Crippen LogP contribution in [0.5, 0.6) is 0 Å². The Hall–Kier alpha value is -0.900. The van der Waals surface area contributed by atoms with Crippen LogP contribution in [0.4, 0.5) is 0 Å². The first-order valence-corrected chi connectivity index (χ1v) is 3.20. The van der Waals surface area contributed by atoms with Crippen LogP contribution in [0, 0.1) is 5.92 Å². The Morgan fingerprint density at radius 1 is 1.90 bits per heavy atom. The largest absolute Gasteiger partial charge is 0.480 e. The number of carbonyl (C=O) groups is 1. The second-order valence-corrected chi connectivity index (χ2v) is 2.37. The smallest absolute Gasteiger partial charge is 0.321 e. The number of carboxylic acid groups (broad SMARTS) is 1. The van der Waals surface area contributed by atoms with E-state index in [0.29, 0.717) is 6.54 Å². The van der Waals surface area contributed by atoms with Gasteiger partial charge in [-0.1, -0.05) is 0 Å². The van der Waals surface area contributed by atoms with E-state index in [1.165, 1.54) is 0 Å². The molecule has 0 aliphatic carbocycles. The van der Waals surface area contributed by atoms with Crippen LogP contribution < -0.4 is 5.73 Å². The zero-order valence-corrected chi connectivity index (χ0v) is 5.53. The van der Waals surface area contributed by atoms with Gasteiger partial charge in [0.05, 0.1) is 0 Å². The van der Waals surface area contributed by atoms with Gasteiger partial charge in [0.15, 0.2) is 0 Å². The molecule has 4 heteroatoms. The number of rotatable bonds is 2. The third kappa shape index (κ3) is 1.33. The van der Waals surface area contributed by atoms with Gasteiger partial charge in [-0.25, -0.2) is 0 Å². The predicted molar refractivity (Wildman–Crippen MR) is 37.1 cm³/mol. The molecule has 1 aliphatic rings.